The van der Waals surface area contributed by atoms with Crippen molar-refractivity contribution < 1.29 is 0 Å². The average Bonchev–Trinajstić information content (AvgIpc) is 2.39. The van der Waals surface area contributed by atoms with Gasteiger partial charge in [0.2, 0.25) is 0 Å². The number of nitrogens with two attached hydrogens (primary N) is 1. The molecule has 0 unspecified atom stereocenters. The van der Waals surface area contributed by atoms with Gasteiger partial charge in [-0.3, -0.25) is 0 Å². The molecular weight excluding hydrogens is 232 g/mol. The fourth-order valence-electron chi connectivity index (χ4n) is 4.28. The van der Waals surface area contributed by atoms with Crippen LogP contribution >= 0.6 is 0 Å². The van der Waals surface area contributed by atoms with E-state index < -0.39 is 0 Å². The number of rotatable bonds is 6. The molecule has 0 aromatic rings. The second-order valence-electron chi connectivity index (χ2n) is 7.60. The Bertz CT molecular complexity index is 260. The summed E-state index contributed by atoms with van der Waals surface area (Å²) in [5.41, 5.74) is 6.15. The van der Waals surface area contributed by atoms with Crippen molar-refractivity contribution in [3.05, 3.63) is 0 Å². The third-order valence-electron chi connectivity index (χ3n) is 5.48. The summed E-state index contributed by atoms with van der Waals surface area (Å²) in [4.78, 5) is 2.83. The molecule has 0 spiro atoms. The molecule has 2 N–H and O–H groups in total. The SMILES string of the molecule is CC(C)(CCN)CCCN1CCC[C@H]2CCCC[C@H]21. The van der Waals surface area contributed by atoms with Crippen molar-refractivity contribution in [2.45, 2.75) is 77.7 Å². The van der Waals surface area contributed by atoms with Crippen molar-refractivity contribution >= 4 is 0 Å². The molecule has 1 saturated carbocycles. The molecular formula is C17H34N2. The van der Waals surface area contributed by atoms with Crippen LogP contribution in [0.15, 0.2) is 0 Å². The lowest BCUT2D eigenvalue weighted by molar-refractivity contribution is 0.0570. The van der Waals surface area contributed by atoms with Crippen molar-refractivity contribution in [1.82, 2.24) is 4.90 Å². The first kappa shape index (κ1) is 15.3. The van der Waals surface area contributed by atoms with Gasteiger partial charge in [0.1, 0.15) is 0 Å². The van der Waals surface area contributed by atoms with E-state index in [1.165, 1.54) is 70.9 Å². The molecule has 2 rings (SSSR count). The van der Waals surface area contributed by atoms with Crippen LogP contribution < -0.4 is 5.73 Å². The van der Waals surface area contributed by atoms with Crippen LogP contribution in [0.5, 0.6) is 0 Å². The Morgan fingerprint density at radius 2 is 1.79 bits per heavy atom. The number of piperidine rings is 1. The lowest BCUT2D eigenvalue weighted by Crippen LogP contribution is -2.47. The maximum atomic E-state index is 5.71. The smallest absolute Gasteiger partial charge is 0.0123 e. The van der Waals surface area contributed by atoms with E-state index in [-0.39, 0.29) is 0 Å². The average molecular weight is 266 g/mol. The minimum absolute atomic E-state index is 0.441. The standard InChI is InChI=1S/C17H34N2/c1-17(2,11-12-18)10-6-14-19-13-5-8-15-7-3-4-9-16(15)19/h15-16H,3-14,18H2,1-2H3/t15-,16-/m1/s1. The molecule has 0 aromatic heterocycles. The Morgan fingerprint density at radius 3 is 2.58 bits per heavy atom. The number of hydrogen-bond donors (Lipinski definition) is 1. The van der Waals surface area contributed by atoms with Crippen LogP contribution in [0.1, 0.15) is 71.6 Å². The van der Waals surface area contributed by atoms with Crippen molar-refractivity contribution in [3.63, 3.8) is 0 Å². The third-order valence-corrected chi connectivity index (χ3v) is 5.48. The van der Waals surface area contributed by atoms with E-state index in [1.54, 1.807) is 0 Å². The molecule has 2 atom stereocenters. The predicted octanol–water partition coefficient (Wildman–Crippen LogP) is 3.80. The highest BCUT2D eigenvalue weighted by Crippen LogP contribution is 2.35. The van der Waals surface area contributed by atoms with Crippen LogP contribution in [0, 0.1) is 11.3 Å². The van der Waals surface area contributed by atoms with Gasteiger partial charge in [0.15, 0.2) is 0 Å². The monoisotopic (exact) mass is 266 g/mol. The van der Waals surface area contributed by atoms with Crippen LogP contribution in [0.4, 0.5) is 0 Å². The van der Waals surface area contributed by atoms with Crippen molar-refractivity contribution in [3.8, 4) is 0 Å². The highest BCUT2D eigenvalue weighted by atomic mass is 15.2. The molecule has 0 amide bonds. The lowest BCUT2D eigenvalue weighted by atomic mass is 9.78. The van der Waals surface area contributed by atoms with E-state index in [0.29, 0.717) is 5.41 Å². The summed E-state index contributed by atoms with van der Waals surface area (Å²) in [5.74, 6) is 1.03. The summed E-state index contributed by atoms with van der Waals surface area (Å²) in [6.07, 6.45) is 12.7. The molecule has 1 saturated heterocycles. The van der Waals surface area contributed by atoms with E-state index in [0.717, 1.165) is 18.5 Å². The number of likely N-dealkylation sites (tertiary alicyclic amines) is 1. The maximum Gasteiger partial charge on any atom is 0.0123 e. The van der Waals surface area contributed by atoms with E-state index >= 15 is 0 Å². The Balaban J connectivity index is 1.75. The summed E-state index contributed by atoms with van der Waals surface area (Å²) in [7, 11) is 0. The van der Waals surface area contributed by atoms with E-state index in [9.17, 15) is 0 Å². The normalized spacial score (nSPS) is 29.2. The number of fused-ring (bicyclic) bond motifs is 1. The van der Waals surface area contributed by atoms with Crippen molar-refractivity contribution in [2.75, 3.05) is 19.6 Å². The molecule has 2 nitrogen and oxygen atoms in total. The van der Waals surface area contributed by atoms with Crippen LogP contribution in [0.3, 0.4) is 0 Å². The summed E-state index contributed by atoms with van der Waals surface area (Å²) < 4.78 is 0. The van der Waals surface area contributed by atoms with Crippen molar-refractivity contribution in [2.24, 2.45) is 17.1 Å². The Hall–Kier alpha value is -0.0800. The maximum absolute atomic E-state index is 5.71. The quantitative estimate of drug-likeness (QED) is 0.792. The Morgan fingerprint density at radius 1 is 1.05 bits per heavy atom. The van der Waals surface area contributed by atoms with E-state index in [2.05, 4.69) is 18.7 Å². The van der Waals surface area contributed by atoms with Gasteiger partial charge in [-0.1, -0.05) is 26.7 Å². The van der Waals surface area contributed by atoms with E-state index in [4.69, 9.17) is 5.73 Å². The highest BCUT2D eigenvalue weighted by molar-refractivity contribution is 4.87. The molecule has 1 heterocycles. The number of hydrogen-bond acceptors (Lipinski definition) is 2. The first-order chi connectivity index (χ1) is 9.12. The molecule has 0 aromatic carbocycles. The second kappa shape index (κ2) is 7.08. The lowest BCUT2D eigenvalue weighted by Gasteiger charge is -2.44. The minimum atomic E-state index is 0.441. The topological polar surface area (TPSA) is 29.3 Å². The van der Waals surface area contributed by atoms with Gasteiger partial charge in [-0.15, -0.1) is 0 Å². The fraction of sp³-hybridized carbons (Fsp3) is 1.00. The van der Waals surface area contributed by atoms with Crippen LogP contribution in [-0.4, -0.2) is 30.6 Å². The van der Waals surface area contributed by atoms with Crippen LogP contribution in [0.25, 0.3) is 0 Å². The zero-order valence-corrected chi connectivity index (χ0v) is 13.2. The molecule has 1 aliphatic carbocycles. The molecule has 1 aliphatic heterocycles. The molecule has 0 bridgehead atoms. The summed E-state index contributed by atoms with van der Waals surface area (Å²) >= 11 is 0. The van der Waals surface area contributed by atoms with E-state index in [1.807, 2.05) is 0 Å². The first-order valence-corrected chi connectivity index (χ1v) is 8.56. The van der Waals surface area contributed by atoms with Gasteiger partial charge in [0, 0.05) is 6.04 Å². The van der Waals surface area contributed by atoms with Gasteiger partial charge in [-0.2, -0.15) is 0 Å². The predicted molar refractivity (Wildman–Crippen MR) is 83.2 cm³/mol. The van der Waals surface area contributed by atoms with Gasteiger partial charge < -0.3 is 10.6 Å². The van der Waals surface area contributed by atoms with Gasteiger partial charge in [-0.25, -0.2) is 0 Å². The zero-order valence-electron chi connectivity index (χ0n) is 13.2. The van der Waals surface area contributed by atoms with Crippen LogP contribution in [-0.2, 0) is 0 Å². The van der Waals surface area contributed by atoms with Crippen LogP contribution in [0.2, 0.25) is 0 Å². The molecule has 2 aliphatic rings. The summed E-state index contributed by atoms with van der Waals surface area (Å²) in [6, 6.07) is 0.931. The number of nitrogens with zero attached hydrogens (tertiary/aromatic N) is 1. The first-order valence-electron chi connectivity index (χ1n) is 8.56. The Labute approximate surface area is 120 Å². The zero-order chi connectivity index (χ0) is 13.7. The van der Waals surface area contributed by atoms with Gasteiger partial charge >= 0.3 is 0 Å². The minimum Gasteiger partial charge on any atom is -0.330 e. The van der Waals surface area contributed by atoms with Gasteiger partial charge in [-0.05, 0) is 75.9 Å². The Kier molecular flexibility index (Phi) is 5.70. The largest absolute Gasteiger partial charge is 0.330 e. The molecule has 19 heavy (non-hydrogen) atoms. The summed E-state index contributed by atoms with van der Waals surface area (Å²) in [5, 5.41) is 0. The highest BCUT2D eigenvalue weighted by Gasteiger charge is 2.32. The van der Waals surface area contributed by atoms with Crippen molar-refractivity contribution in [1.29, 1.82) is 0 Å². The second-order valence-corrected chi connectivity index (χ2v) is 7.60. The summed E-state index contributed by atoms with van der Waals surface area (Å²) in [6.45, 7) is 8.27. The molecule has 112 valence electrons. The van der Waals surface area contributed by atoms with Gasteiger partial charge in [0.25, 0.3) is 0 Å². The molecule has 2 fully saturated rings. The fourth-order valence-corrected chi connectivity index (χ4v) is 4.28. The van der Waals surface area contributed by atoms with Gasteiger partial charge in [0.05, 0.1) is 0 Å². The molecule has 0 radical (unpaired) electrons. The molecule has 2 heteroatoms. The third kappa shape index (κ3) is 4.46.